The van der Waals surface area contributed by atoms with Crippen molar-refractivity contribution >= 4 is 5.69 Å². The van der Waals surface area contributed by atoms with Gasteiger partial charge >= 0.3 is 0 Å². The molecule has 2 unspecified atom stereocenters. The van der Waals surface area contributed by atoms with Gasteiger partial charge in [0, 0.05) is 17.7 Å². The monoisotopic (exact) mass is 224 g/mol. The quantitative estimate of drug-likeness (QED) is 0.330. The number of quaternary nitrogens is 1. The first-order valence-corrected chi connectivity index (χ1v) is 4.93. The van der Waals surface area contributed by atoms with Crippen LogP contribution < -0.4 is 0 Å². The van der Waals surface area contributed by atoms with Crippen molar-refractivity contribution < 1.29 is 14.3 Å². The summed E-state index contributed by atoms with van der Waals surface area (Å²) in [5, 5.41) is 22.4. The van der Waals surface area contributed by atoms with E-state index in [1.54, 1.807) is 19.2 Å². The van der Waals surface area contributed by atoms with Crippen LogP contribution >= 0.6 is 0 Å². The Balaban J connectivity index is 2.25. The van der Waals surface area contributed by atoms with Crippen molar-refractivity contribution in [3.05, 3.63) is 45.2 Å². The summed E-state index contributed by atoms with van der Waals surface area (Å²) in [5.41, 5.74) is 0.697. The molecule has 1 aliphatic rings. The number of rotatable bonds is 2. The molecule has 0 spiro atoms. The van der Waals surface area contributed by atoms with Crippen LogP contribution in [0.3, 0.4) is 0 Å². The third-order valence-electron chi connectivity index (χ3n) is 2.70. The molecule has 0 aliphatic carbocycles. The van der Waals surface area contributed by atoms with Crippen LogP contribution in [0.2, 0.25) is 0 Å². The van der Waals surface area contributed by atoms with Crippen molar-refractivity contribution in [2.24, 2.45) is 0 Å². The number of likely N-dealkylation sites (N-methyl/N-ethyl adjacent to an activating group) is 1. The van der Waals surface area contributed by atoms with E-state index in [2.05, 4.69) is 0 Å². The highest BCUT2D eigenvalue weighted by molar-refractivity contribution is 5.33. The molecule has 86 valence electrons. The maximum absolute atomic E-state index is 11.9. The molecule has 16 heavy (non-hydrogen) atoms. The summed E-state index contributed by atoms with van der Waals surface area (Å²) >= 11 is 0. The van der Waals surface area contributed by atoms with E-state index in [4.69, 9.17) is 4.74 Å². The molecule has 1 aromatic carbocycles. The van der Waals surface area contributed by atoms with Gasteiger partial charge in [0.25, 0.3) is 5.69 Å². The first-order valence-electron chi connectivity index (χ1n) is 4.93. The Hall–Kier alpha value is -1.50. The lowest BCUT2D eigenvalue weighted by Crippen LogP contribution is -2.36. The molecule has 0 radical (unpaired) electrons. The molecule has 0 N–H and O–H groups in total. The fourth-order valence-electron chi connectivity index (χ4n) is 1.79. The van der Waals surface area contributed by atoms with Crippen molar-refractivity contribution in [1.29, 1.82) is 0 Å². The second-order valence-electron chi connectivity index (χ2n) is 3.97. The number of nitro benzene ring substituents is 1. The number of ether oxygens (including phenoxy) is 1. The number of hydrogen-bond acceptors (Lipinski definition) is 4. The van der Waals surface area contributed by atoms with Gasteiger partial charge in [-0.15, -0.1) is 0 Å². The summed E-state index contributed by atoms with van der Waals surface area (Å²) < 4.78 is 4.86. The predicted molar refractivity (Wildman–Crippen MR) is 56.2 cm³/mol. The van der Waals surface area contributed by atoms with Crippen LogP contribution in [0.5, 0.6) is 0 Å². The first-order chi connectivity index (χ1) is 7.50. The Morgan fingerprint density at radius 3 is 2.50 bits per heavy atom. The van der Waals surface area contributed by atoms with E-state index in [1.807, 2.05) is 0 Å². The summed E-state index contributed by atoms with van der Waals surface area (Å²) in [7, 11) is 1.54. The van der Waals surface area contributed by atoms with Crippen LogP contribution in [0.25, 0.3) is 0 Å². The molecule has 0 bridgehead atoms. The molecule has 1 heterocycles. The Kier molecular flexibility index (Phi) is 2.63. The van der Waals surface area contributed by atoms with Crippen molar-refractivity contribution in [2.75, 3.05) is 20.2 Å². The number of non-ortho nitro benzene ring substituents is 1. The number of hydrogen-bond donors (Lipinski definition) is 0. The summed E-state index contributed by atoms with van der Waals surface area (Å²) in [5.74, 6) is 0. The summed E-state index contributed by atoms with van der Waals surface area (Å²) in [6, 6.07) is 5.92. The molecule has 2 atom stereocenters. The smallest absolute Gasteiger partial charge is 0.269 e. The third-order valence-corrected chi connectivity index (χ3v) is 2.70. The molecular weight excluding hydrogens is 212 g/mol. The zero-order valence-corrected chi connectivity index (χ0v) is 8.83. The van der Waals surface area contributed by atoms with Crippen molar-refractivity contribution in [2.45, 2.75) is 6.23 Å². The predicted octanol–water partition coefficient (Wildman–Crippen LogP) is 1.57. The van der Waals surface area contributed by atoms with E-state index in [1.165, 1.54) is 12.1 Å². The van der Waals surface area contributed by atoms with Crippen molar-refractivity contribution in [3.8, 4) is 0 Å². The van der Waals surface area contributed by atoms with E-state index in [9.17, 15) is 15.3 Å². The lowest BCUT2D eigenvalue weighted by atomic mass is 10.1. The van der Waals surface area contributed by atoms with Gasteiger partial charge in [-0.2, -0.15) is 0 Å². The molecule has 1 aromatic rings. The van der Waals surface area contributed by atoms with E-state index in [0.29, 0.717) is 18.7 Å². The highest BCUT2D eigenvalue weighted by atomic mass is 16.6. The number of nitrogens with zero attached hydrogens (tertiary/aromatic N) is 2. The fourth-order valence-corrected chi connectivity index (χ4v) is 1.79. The highest BCUT2D eigenvalue weighted by Gasteiger charge is 2.33. The van der Waals surface area contributed by atoms with E-state index >= 15 is 0 Å². The van der Waals surface area contributed by atoms with Crippen LogP contribution in [0, 0.1) is 15.3 Å². The largest absolute Gasteiger partial charge is 0.631 e. The molecule has 2 rings (SSSR count). The standard InChI is InChI=1S/C10H12N2O4/c1-12(15)6-7-16-10(12)8-2-4-9(5-3-8)11(13)14/h2-5,10H,6-7H2,1H3. The normalized spacial score (nSPS) is 29.2. The molecule has 1 aliphatic heterocycles. The molecular formula is C10H12N2O4. The van der Waals surface area contributed by atoms with Crippen LogP contribution in [0.1, 0.15) is 11.8 Å². The zero-order valence-electron chi connectivity index (χ0n) is 8.83. The second-order valence-corrected chi connectivity index (χ2v) is 3.97. The Labute approximate surface area is 92.4 Å². The summed E-state index contributed by atoms with van der Waals surface area (Å²) in [6.07, 6.45) is -0.569. The van der Waals surface area contributed by atoms with Gasteiger partial charge in [-0.3, -0.25) is 10.1 Å². The van der Waals surface area contributed by atoms with Gasteiger partial charge in [0.1, 0.15) is 13.2 Å². The van der Waals surface area contributed by atoms with Gasteiger partial charge in [-0.25, -0.2) is 0 Å². The van der Waals surface area contributed by atoms with E-state index in [0.717, 1.165) is 0 Å². The Morgan fingerprint density at radius 1 is 1.44 bits per heavy atom. The van der Waals surface area contributed by atoms with Crippen molar-refractivity contribution in [3.63, 3.8) is 0 Å². The van der Waals surface area contributed by atoms with Crippen molar-refractivity contribution in [1.82, 2.24) is 0 Å². The number of nitro groups is 1. The van der Waals surface area contributed by atoms with Crippen LogP contribution in [0.4, 0.5) is 5.69 Å². The van der Waals surface area contributed by atoms with Gasteiger partial charge in [-0.1, -0.05) is 0 Å². The molecule has 1 fully saturated rings. The minimum atomic E-state index is -0.569. The molecule has 6 heteroatoms. The maximum Gasteiger partial charge on any atom is 0.269 e. The first kappa shape index (κ1) is 11.0. The number of hydroxylamine groups is 3. The maximum atomic E-state index is 11.9. The van der Waals surface area contributed by atoms with Gasteiger partial charge in [0.2, 0.25) is 6.23 Å². The van der Waals surface area contributed by atoms with Crippen LogP contribution in [-0.2, 0) is 4.74 Å². The third kappa shape index (κ3) is 1.90. The van der Waals surface area contributed by atoms with Gasteiger partial charge in [-0.05, 0) is 12.1 Å². The van der Waals surface area contributed by atoms with Gasteiger partial charge in [0.05, 0.1) is 12.0 Å². The second kappa shape index (κ2) is 3.82. The van der Waals surface area contributed by atoms with Crippen LogP contribution in [-0.4, -0.2) is 29.8 Å². The number of benzene rings is 1. The minimum absolute atomic E-state index is 0.0156. The molecule has 1 saturated heterocycles. The zero-order chi connectivity index (χ0) is 11.8. The molecule has 6 nitrogen and oxygen atoms in total. The minimum Gasteiger partial charge on any atom is -0.631 e. The lowest BCUT2D eigenvalue weighted by Gasteiger charge is -2.37. The lowest BCUT2D eigenvalue weighted by molar-refractivity contribution is -0.892. The Bertz CT molecular complexity index is 402. The summed E-state index contributed by atoms with van der Waals surface area (Å²) in [6.45, 7) is 0.823. The molecule has 0 saturated carbocycles. The van der Waals surface area contributed by atoms with Crippen LogP contribution in [0.15, 0.2) is 24.3 Å². The summed E-state index contributed by atoms with van der Waals surface area (Å²) in [4.78, 5) is 10.0. The highest BCUT2D eigenvalue weighted by Crippen LogP contribution is 2.32. The van der Waals surface area contributed by atoms with E-state index in [-0.39, 0.29) is 5.69 Å². The fraction of sp³-hybridized carbons (Fsp3) is 0.400. The average Bonchev–Trinajstić information content (AvgIpc) is 2.58. The molecule has 0 aromatic heterocycles. The van der Waals surface area contributed by atoms with E-state index < -0.39 is 15.8 Å². The SMILES string of the molecule is C[N+]1([O-])CCOC1c1ccc([N+](=O)[O-])cc1. The Morgan fingerprint density at radius 2 is 2.06 bits per heavy atom. The van der Waals surface area contributed by atoms with Gasteiger partial charge < -0.3 is 14.6 Å². The topological polar surface area (TPSA) is 75.4 Å². The average molecular weight is 224 g/mol. The van der Waals surface area contributed by atoms with Gasteiger partial charge in [0.15, 0.2) is 0 Å². The molecule has 0 amide bonds.